The smallest absolute Gasteiger partial charge is 0.207 e. The molecule has 0 saturated carbocycles. The molecule has 0 unspecified atom stereocenters. The molecule has 0 radical (unpaired) electrons. The summed E-state index contributed by atoms with van der Waals surface area (Å²) < 4.78 is 14.2. The van der Waals surface area contributed by atoms with Crippen LogP contribution in [0.2, 0.25) is 0 Å². The molecule has 0 N–H and O–H groups in total. The van der Waals surface area contributed by atoms with Gasteiger partial charge in [-0.15, -0.1) is 11.3 Å². The Morgan fingerprint density at radius 3 is 2.88 bits per heavy atom. The Balaban J connectivity index is 2.49. The van der Waals surface area contributed by atoms with Gasteiger partial charge in [-0.25, -0.2) is 9.37 Å². The first-order valence-electron chi connectivity index (χ1n) is 4.49. The number of benzene rings is 1. The largest absolute Gasteiger partial charge is 0.288 e. The van der Waals surface area contributed by atoms with Crippen LogP contribution in [0.25, 0.3) is 0 Å². The van der Waals surface area contributed by atoms with Gasteiger partial charge in [0.2, 0.25) is 5.78 Å². The summed E-state index contributed by atoms with van der Waals surface area (Å²) in [5.74, 6) is -0.834. The first-order valence-corrected chi connectivity index (χ1v) is 6.16. The molecule has 1 aromatic carbocycles. The van der Waals surface area contributed by atoms with Gasteiger partial charge in [-0.3, -0.25) is 4.79 Å². The van der Waals surface area contributed by atoms with Crippen molar-refractivity contribution < 1.29 is 9.18 Å². The molecule has 0 saturated heterocycles. The summed E-state index contributed by atoms with van der Waals surface area (Å²) in [4.78, 5) is 16.5. The van der Waals surface area contributed by atoms with E-state index in [4.69, 9.17) is 0 Å². The van der Waals surface area contributed by atoms with Gasteiger partial charge >= 0.3 is 0 Å². The lowest BCUT2D eigenvalue weighted by Crippen LogP contribution is -2.04. The summed E-state index contributed by atoms with van der Waals surface area (Å²) in [6, 6.07) is 4.32. The molecule has 16 heavy (non-hydrogen) atoms. The van der Waals surface area contributed by atoms with Crippen molar-refractivity contribution >= 4 is 33.0 Å². The molecule has 0 amide bonds. The molecule has 0 bridgehead atoms. The minimum Gasteiger partial charge on any atom is -0.288 e. The van der Waals surface area contributed by atoms with E-state index in [1.54, 1.807) is 18.5 Å². The number of thiazole rings is 1. The third kappa shape index (κ3) is 2.05. The standard InChI is InChI=1S/C11H7BrFNOS/c1-6-11(16-5-14-6)10(15)8-4-7(12)2-3-9(8)13/h2-5H,1H3. The monoisotopic (exact) mass is 299 g/mol. The van der Waals surface area contributed by atoms with Crippen molar-refractivity contribution in [1.82, 2.24) is 4.98 Å². The number of aromatic nitrogens is 1. The molecule has 0 fully saturated rings. The van der Waals surface area contributed by atoms with Crippen LogP contribution in [0.4, 0.5) is 4.39 Å². The van der Waals surface area contributed by atoms with Gasteiger partial charge < -0.3 is 0 Å². The Hall–Kier alpha value is -1.07. The molecule has 0 aliphatic heterocycles. The zero-order valence-corrected chi connectivity index (χ0v) is 10.7. The summed E-state index contributed by atoms with van der Waals surface area (Å²) in [5, 5.41) is 0. The van der Waals surface area contributed by atoms with Crippen LogP contribution in [0.3, 0.4) is 0 Å². The van der Waals surface area contributed by atoms with E-state index in [2.05, 4.69) is 20.9 Å². The van der Waals surface area contributed by atoms with E-state index in [9.17, 15) is 9.18 Å². The lowest BCUT2D eigenvalue weighted by Gasteiger charge is -2.01. The molecule has 2 aromatic rings. The fourth-order valence-electron chi connectivity index (χ4n) is 1.31. The van der Waals surface area contributed by atoms with E-state index in [0.29, 0.717) is 15.0 Å². The normalized spacial score (nSPS) is 10.4. The third-order valence-corrected chi connectivity index (χ3v) is 3.55. The Morgan fingerprint density at radius 1 is 1.50 bits per heavy atom. The Morgan fingerprint density at radius 2 is 2.25 bits per heavy atom. The highest BCUT2D eigenvalue weighted by atomic mass is 79.9. The van der Waals surface area contributed by atoms with Crippen LogP contribution >= 0.6 is 27.3 Å². The molecule has 0 atom stereocenters. The summed E-state index contributed by atoms with van der Waals surface area (Å²) in [7, 11) is 0. The molecule has 0 aliphatic carbocycles. The number of carbonyl (C=O) groups excluding carboxylic acids is 1. The lowest BCUT2D eigenvalue weighted by molar-refractivity contribution is 0.103. The average Bonchev–Trinajstić information content (AvgIpc) is 2.67. The van der Waals surface area contributed by atoms with Gasteiger partial charge in [-0.05, 0) is 25.1 Å². The molecule has 1 heterocycles. The number of ketones is 1. The van der Waals surface area contributed by atoms with Gasteiger partial charge in [0, 0.05) is 4.47 Å². The molecule has 0 spiro atoms. The van der Waals surface area contributed by atoms with E-state index < -0.39 is 5.82 Å². The second-order valence-corrected chi connectivity index (χ2v) is 4.99. The summed E-state index contributed by atoms with van der Waals surface area (Å²) in [6.45, 7) is 1.74. The predicted molar refractivity (Wildman–Crippen MR) is 64.4 cm³/mol. The minimum atomic E-state index is -0.513. The van der Waals surface area contributed by atoms with Crippen LogP contribution < -0.4 is 0 Å². The average molecular weight is 300 g/mol. The van der Waals surface area contributed by atoms with Crippen molar-refractivity contribution in [3.63, 3.8) is 0 Å². The third-order valence-electron chi connectivity index (χ3n) is 2.12. The number of halogens is 2. The van der Waals surface area contributed by atoms with Crippen LogP contribution in [0.15, 0.2) is 28.2 Å². The van der Waals surface area contributed by atoms with E-state index in [1.807, 2.05) is 0 Å². The van der Waals surface area contributed by atoms with Crippen molar-refractivity contribution in [1.29, 1.82) is 0 Å². The van der Waals surface area contributed by atoms with Gasteiger partial charge in [-0.2, -0.15) is 0 Å². The molecular weight excluding hydrogens is 293 g/mol. The SMILES string of the molecule is Cc1ncsc1C(=O)c1cc(Br)ccc1F. The molecule has 1 aromatic heterocycles. The molecule has 2 rings (SSSR count). The highest BCUT2D eigenvalue weighted by Gasteiger charge is 2.18. The van der Waals surface area contributed by atoms with Crippen molar-refractivity contribution in [3.05, 3.63) is 50.1 Å². The predicted octanol–water partition coefficient (Wildman–Crippen LogP) is 3.58. The number of nitrogens with zero attached hydrogens (tertiary/aromatic N) is 1. The summed E-state index contributed by atoms with van der Waals surface area (Å²) in [6.07, 6.45) is 0. The van der Waals surface area contributed by atoms with E-state index in [1.165, 1.54) is 23.5 Å². The molecule has 0 aliphatic rings. The van der Waals surface area contributed by atoms with Crippen LogP contribution in [-0.2, 0) is 0 Å². The second-order valence-electron chi connectivity index (χ2n) is 3.22. The quantitative estimate of drug-likeness (QED) is 0.793. The fraction of sp³-hybridized carbons (Fsp3) is 0.0909. The first-order chi connectivity index (χ1) is 7.59. The zero-order chi connectivity index (χ0) is 11.7. The van der Waals surface area contributed by atoms with E-state index >= 15 is 0 Å². The Bertz CT molecular complexity index is 553. The number of carbonyl (C=O) groups is 1. The number of hydrogen-bond donors (Lipinski definition) is 0. The van der Waals surface area contributed by atoms with Crippen LogP contribution in [-0.4, -0.2) is 10.8 Å². The maximum Gasteiger partial charge on any atom is 0.207 e. The maximum absolute atomic E-state index is 13.5. The zero-order valence-electron chi connectivity index (χ0n) is 8.33. The van der Waals surface area contributed by atoms with Crippen LogP contribution in [0.5, 0.6) is 0 Å². The topological polar surface area (TPSA) is 30.0 Å². The Labute approximate surface area is 104 Å². The second kappa shape index (κ2) is 4.43. The Kier molecular flexibility index (Phi) is 3.16. The molecular formula is C11H7BrFNOS. The van der Waals surface area contributed by atoms with Gasteiger partial charge in [0.1, 0.15) is 5.82 Å². The molecule has 82 valence electrons. The summed E-state index contributed by atoms with van der Waals surface area (Å²) >= 11 is 4.44. The van der Waals surface area contributed by atoms with Crippen molar-refractivity contribution in [2.24, 2.45) is 0 Å². The fourth-order valence-corrected chi connectivity index (χ4v) is 2.43. The highest BCUT2D eigenvalue weighted by Crippen LogP contribution is 2.22. The van der Waals surface area contributed by atoms with Crippen LogP contribution in [0, 0.1) is 12.7 Å². The van der Waals surface area contributed by atoms with Gasteiger partial charge in [0.15, 0.2) is 0 Å². The van der Waals surface area contributed by atoms with E-state index in [-0.39, 0.29) is 11.3 Å². The van der Waals surface area contributed by atoms with Crippen LogP contribution in [0.1, 0.15) is 20.9 Å². The van der Waals surface area contributed by atoms with Gasteiger partial charge in [0.05, 0.1) is 21.6 Å². The lowest BCUT2D eigenvalue weighted by atomic mass is 10.1. The number of rotatable bonds is 2. The molecule has 2 nitrogen and oxygen atoms in total. The van der Waals surface area contributed by atoms with Crippen molar-refractivity contribution in [2.45, 2.75) is 6.92 Å². The van der Waals surface area contributed by atoms with E-state index in [0.717, 1.165) is 0 Å². The molecule has 5 heteroatoms. The van der Waals surface area contributed by atoms with Gasteiger partial charge in [0.25, 0.3) is 0 Å². The number of aryl methyl sites for hydroxylation is 1. The first kappa shape index (κ1) is 11.4. The minimum absolute atomic E-state index is 0.0710. The maximum atomic E-state index is 13.5. The van der Waals surface area contributed by atoms with Crippen molar-refractivity contribution in [3.8, 4) is 0 Å². The van der Waals surface area contributed by atoms with Gasteiger partial charge in [-0.1, -0.05) is 15.9 Å². The number of hydrogen-bond acceptors (Lipinski definition) is 3. The van der Waals surface area contributed by atoms with Crippen molar-refractivity contribution in [2.75, 3.05) is 0 Å². The highest BCUT2D eigenvalue weighted by molar-refractivity contribution is 9.10. The summed E-state index contributed by atoms with van der Waals surface area (Å²) in [5.41, 5.74) is 2.29.